The van der Waals surface area contributed by atoms with Crippen LogP contribution in [-0.2, 0) is 10.1 Å². The van der Waals surface area contributed by atoms with E-state index in [9.17, 15) is 8.42 Å². The predicted molar refractivity (Wildman–Crippen MR) is 59.5 cm³/mol. The second kappa shape index (κ2) is 4.38. The molecule has 0 saturated carbocycles. The first-order chi connectivity index (χ1) is 6.57. The normalized spacial score (nSPS) is 11.0. The van der Waals surface area contributed by atoms with Crippen molar-refractivity contribution in [2.45, 2.75) is 4.90 Å². The van der Waals surface area contributed by atoms with Gasteiger partial charge in [0.05, 0.1) is 4.90 Å². The topological polar surface area (TPSA) is 54.4 Å². The summed E-state index contributed by atoms with van der Waals surface area (Å²) in [5.74, 6) is 0. The molecule has 0 saturated heterocycles. The summed E-state index contributed by atoms with van der Waals surface area (Å²) < 4.78 is 30.5. The fourth-order valence-electron chi connectivity index (χ4n) is 1.33. The van der Waals surface area contributed by atoms with Gasteiger partial charge >= 0.3 is 0 Å². The van der Waals surface area contributed by atoms with Gasteiger partial charge in [0, 0.05) is 18.9 Å². The third kappa shape index (κ3) is 2.61. The van der Waals surface area contributed by atoms with Crippen molar-refractivity contribution in [3.8, 4) is 0 Å². The molecule has 0 aliphatic carbocycles. The van der Waals surface area contributed by atoms with Gasteiger partial charge in [-0.25, -0.2) is 0 Å². The van der Waals surface area contributed by atoms with Gasteiger partial charge in [-0.15, -0.1) is 0 Å². The molecule has 0 atom stereocenters. The second-order valence-corrected chi connectivity index (χ2v) is 4.41. The Morgan fingerprint density at radius 1 is 0.933 bits per heavy atom. The van der Waals surface area contributed by atoms with Gasteiger partial charge in [-0.05, 0) is 22.9 Å². The first-order valence-corrected chi connectivity index (χ1v) is 5.48. The third-order valence-corrected chi connectivity index (χ3v) is 2.87. The predicted octanol–water partition coefficient (Wildman–Crippen LogP) is 1.71. The van der Waals surface area contributed by atoms with E-state index < -0.39 is 10.1 Å². The van der Waals surface area contributed by atoms with Gasteiger partial charge in [0.1, 0.15) is 0 Å². The van der Waals surface area contributed by atoms with E-state index >= 15 is 0 Å². The van der Waals surface area contributed by atoms with Crippen molar-refractivity contribution in [3.05, 3.63) is 42.5 Å². The number of benzene rings is 2. The van der Waals surface area contributed by atoms with Crippen LogP contribution in [-0.4, -0.2) is 31.8 Å². The molecule has 1 N–H and O–H groups in total. The zero-order chi connectivity index (χ0) is 10.2. The van der Waals surface area contributed by atoms with Crippen LogP contribution in [0.3, 0.4) is 0 Å². The minimum absolute atomic E-state index is 0. The van der Waals surface area contributed by atoms with Crippen LogP contribution in [0.15, 0.2) is 47.4 Å². The molecule has 0 aliphatic heterocycles. The molecule has 0 bridgehead atoms. The van der Waals surface area contributed by atoms with Crippen molar-refractivity contribution in [1.82, 2.24) is 0 Å². The number of hydrogen-bond donors (Lipinski definition) is 1. The molecule has 0 fully saturated rings. The maximum Gasteiger partial charge on any atom is 0.294 e. The summed E-state index contributed by atoms with van der Waals surface area (Å²) in [6.07, 6.45) is 0. The molecular weight excluding hydrogens is 207 g/mol. The second-order valence-electron chi connectivity index (χ2n) is 2.98. The quantitative estimate of drug-likeness (QED) is 0.582. The molecule has 0 aliphatic rings. The van der Waals surface area contributed by atoms with Crippen LogP contribution in [0.4, 0.5) is 0 Å². The summed E-state index contributed by atoms with van der Waals surface area (Å²) in [4.78, 5) is -0.0730. The maximum absolute atomic E-state index is 10.8. The van der Waals surface area contributed by atoms with Crippen molar-refractivity contribution in [2.24, 2.45) is 0 Å². The van der Waals surface area contributed by atoms with Gasteiger partial charge in [0.15, 0.2) is 0 Å². The van der Waals surface area contributed by atoms with Crippen LogP contribution in [0.5, 0.6) is 0 Å². The van der Waals surface area contributed by atoms with Crippen LogP contribution in [0.2, 0.25) is 0 Å². The minimum atomic E-state index is -4.09. The van der Waals surface area contributed by atoms with E-state index in [4.69, 9.17) is 4.55 Å². The molecule has 0 aromatic heterocycles. The number of rotatable bonds is 1. The molecule has 2 aromatic carbocycles. The molecule has 2 aromatic rings. The van der Waals surface area contributed by atoms with E-state index in [0.717, 1.165) is 10.8 Å². The Labute approximate surface area is 100 Å². The zero-order valence-corrected chi connectivity index (χ0v) is 9.03. The molecule has 0 amide bonds. The molecular formula is C10H8LiO3S. The smallest absolute Gasteiger partial charge is 0.282 e. The number of hydrogen-bond acceptors (Lipinski definition) is 2. The van der Waals surface area contributed by atoms with Crippen LogP contribution in [0.25, 0.3) is 10.8 Å². The van der Waals surface area contributed by atoms with Gasteiger partial charge in [-0.2, -0.15) is 8.42 Å². The maximum atomic E-state index is 10.8. The summed E-state index contributed by atoms with van der Waals surface area (Å²) in [6.45, 7) is 0. The molecule has 3 nitrogen and oxygen atoms in total. The zero-order valence-electron chi connectivity index (χ0n) is 8.21. The summed E-state index contributed by atoms with van der Waals surface area (Å²) in [5, 5.41) is 1.74. The Balaban J connectivity index is 0.00000112. The molecule has 0 unspecified atom stereocenters. The van der Waals surface area contributed by atoms with Gasteiger partial charge in [-0.3, -0.25) is 4.55 Å². The van der Waals surface area contributed by atoms with Crippen LogP contribution in [0.1, 0.15) is 0 Å². The van der Waals surface area contributed by atoms with Gasteiger partial charge in [0.25, 0.3) is 10.1 Å². The number of fused-ring (bicyclic) bond motifs is 1. The Kier molecular flexibility index (Phi) is 3.58. The fourth-order valence-corrected chi connectivity index (χ4v) is 1.84. The first kappa shape index (κ1) is 12.3. The average molecular weight is 215 g/mol. The van der Waals surface area contributed by atoms with E-state index in [0.29, 0.717) is 0 Å². The third-order valence-electron chi connectivity index (χ3n) is 2.02. The van der Waals surface area contributed by atoms with Crippen LogP contribution in [0, 0.1) is 0 Å². The Bertz CT molecular complexity index is 578. The summed E-state index contributed by atoms with van der Waals surface area (Å²) in [5.41, 5.74) is 0. The fraction of sp³-hybridized carbons (Fsp3) is 0. The molecule has 5 heteroatoms. The summed E-state index contributed by atoms with van der Waals surface area (Å²) >= 11 is 0. The molecule has 1 radical (unpaired) electrons. The van der Waals surface area contributed by atoms with E-state index in [1.54, 1.807) is 12.1 Å². The minimum Gasteiger partial charge on any atom is -0.282 e. The SMILES string of the molecule is O=S(=O)(O)c1ccc2ccccc2c1.[Li]. The van der Waals surface area contributed by atoms with Crippen LogP contribution < -0.4 is 0 Å². The van der Waals surface area contributed by atoms with Crippen molar-refractivity contribution in [1.29, 1.82) is 0 Å². The van der Waals surface area contributed by atoms with E-state index in [-0.39, 0.29) is 23.8 Å². The molecule has 2 rings (SSSR count). The van der Waals surface area contributed by atoms with Gasteiger partial charge in [-0.1, -0.05) is 30.3 Å². The van der Waals surface area contributed by atoms with Crippen LogP contribution >= 0.6 is 0 Å². The average Bonchev–Trinajstić information content (AvgIpc) is 2.16. The van der Waals surface area contributed by atoms with Crippen molar-refractivity contribution < 1.29 is 13.0 Å². The summed E-state index contributed by atoms with van der Waals surface area (Å²) in [6, 6.07) is 11.9. The van der Waals surface area contributed by atoms with Gasteiger partial charge in [0.2, 0.25) is 0 Å². The Morgan fingerprint density at radius 2 is 1.53 bits per heavy atom. The van der Waals surface area contributed by atoms with Crippen molar-refractivity contribution in [2.75, 3.05) is 0 Å². The van der Waals surface area contributed by atoms with E-state index in [1.807, 2.05) is 18.2 Å². The molecule has 15 heavy (non-hydrogen) atoms. The Hall–Kier alpha value is -0.793. The summed E-state index contributed by atoms with van der Waals surface area (Å²) in [7, 11) is -4.09. The van der Waals surface area contributed by atoms with Gasteiger partial charge < -0.3 is 0 Å². The van der Waals surface area contributed by atoms with Crippen molar-refractivity contribution in [3.63, 3.8) is 0 Å². The van der Waals surface area contributed by atoms with E-state index in [2.05, 4.69) is 0 Å². The van der Waals surface area contributed by atoms with Crippen molar-refractivity contribution >= 4 is 39.8 Å². The molecule has 73 valence electrons. The monoisotopic (exact) mass is 215 g/mol. The molecule has 0 spiro atoms. The largest absolute Gasteiger partial charge is 0.294 e. The first-order valence-electron chi connectivity index (χ1n) is 4.04. The van der Waals surface area contributed by atoms with E-state index in [1.165, 1.54) is 12.1 Å². The standard InChI is InChI=1S/C10H8O3S.Li/c11-14(12,13)10-6-5-8-3-1-2-4-9(8)7-10;/h1-7H,(H,11,12,13);. The molecule has 0 heterocycles. The Morgan fingerprint density at radius 3 is 2.13 bits per heavy atom.